The van der Waals surface area contributed by atoms with Gasteiger partial charge in [-0.2, -0.15) is 0 Å². The van der Waals surface area contributed by atoms with Gasteiger partial charge in [-0.1, -0.05) is 35.9 Å². The number of carbonyl (C=O) groups excluding carboxylic acids is 1. The Labute approximate surface area is 202 Å². The summed E-state index contributed by atoms with van der Waals surface area (Å²) in [5.74, 6) is -2.21. The fraction of sp³-hybridized carbons (Fsp3) is 0.308. The summed E-state index contributed by atoms with van der Waals surface area (Å²) >= 11 is 6.11. The van der Waals surface area contributed by atoms with Crippen molar-refractivity contribution in [2.24, 2.45) is 5.92 Å². The van der Waals surface area contributed by atoms with E-state index in [1.165, 1.54) is 6.07 Å². The molecule has 0 radical (unpaired) electrons. The molecule has 0 aliphatic carbocycles. The van der Waals surface area contributed by atoms with Crippen LogP contribution in [0, 0.1) is 17.6 Å². The van der Waals surface area contributed by atoms with Crippen molar-refractivity contribution in [2.75, 3.05) is 26.2 Å². The lowest BCUT2D eigenvalue weighted by Crippen LogP contribution is -2.45. The Balaban J connectivity index is 1.66. The standard InChI is InChI=1S/C26H26ClF2N3O2/c27-20-9-7-18(8-10-20)24(23-6-1-2-13-31-23)32(26(33)19-11-14-30-15-12-19)16-17-34-25-21(28)4-3-5-22(25)29/h1-10,13,19,24,30H,11-12,14-17H2. The molecule has 0 spiro atoms. The van der Waals surface area contributed by atoms with E-state index in [-0.39, 0.29) is 25.0 Å². The topological polar surface area (TPSA) is 54.5 Å². The normalized spacial score (nSPS) is 15.0. The zero-order valence-electron chi connectivity index (χ0n) is 18.6. The lowest BCUT2D eigenvalue weighted by Gasteiger charge is -2.35. The molecule has 1 aromatic heterocycles. The molecule has 1 fully saturated rings. The summed E-state index contributed by atoms with van der Waals surface area (Å²) in [6.45, 7) is 1.57. The molecule has 1 N–H and O–H groups in total. The highest BCUT2D eigenvalue weighted by Crippen LogP contribution is 2.31. The van der Waals surface area contributed by atoms with Gasteiger partial charge in [0.05, 0.1) is 18.3 Å². The van der Waals surface area contributed by atoms with Crippen LogP contribution in [0.25, 0.3) is 0 Å². The largest absolute Gasteiger partial charge is 0.486 e. The molecule has 1 saturated heterocycles. The highest BCUT2D eigenvalue weighted by atomic mass is 35.5. The first kappa shape index (κ1) is 24.1. The van der Waals surface area contributed by atoms with Crippen LogP contribution in [0.15, 0.2) is 66.9 Å². The molecule has 1 unspecified atom stereocenters. The first-order valence-corrected chi connectivity index (χ1v) is 11.7. The number of carbonyl (C=O) groups is 1. The molecule has 3 aromatic rings. The monoisotopic (exact) mass is 485 g/mol. The highest BCUT2D eigenvalue weighted by Gasteiger charge is 2.33. The molecule has 2 heterocycles. The van der Waals surface area contributed by atoms with Crippen LogP contribution in [0.4, 0.5) is 8.78 Å². The van der Waals surface area contributed by atoms with Gasteiger partial charge in [0.1, 0.15) is 6.61 Å². The number of piperidine rings is 1. The third kappa shape index (κ3) is 5.72. The molecule has 34 heavy (non-hydrogen) atoms. The van der Waals surface area contributed by atoms with Crippen LogP contribution in [0.5, 0.6) is 5.75 Å². The Morgan fingerprint density at radius 3 is 2.41 bits per heavy atom. The van der Waals surface area contributed by atoms with Gasteiger partial charge in [-0.25, -0.2) is 8.78 Å². The van der Waals surface area contributed by atoms with Gasteiger partial charge in [-0.05, 0) is 67.9 Å². The number of benzene rings is 2. The van der Waals surface area contributed by atoms with Gasteiger partial charge in [-0.3, -0.25) is 9.78 Å². The molecule has 0 bridgehead atoms. The van der Waals surface area contributed by atoms with Crippen LogP contribution in [-0.4, -0.2) is 42.0 Å². The van der Waals surface area contributed by atoms with E-state index in [2.05, 4.69) is 10.3 Å². The Bertz CT molecular complexity index is 1070. The van der Waals surface area contributed by atoms with Crippen LogP contribution < -0.4 is 10.1 Å². The molecule has 8 heteroatoms. The fourth-order valence-electron chi connectivity index (χ4n) is 4.23. The lowest BCUT2D eigenvalue weighted by atomic mass is 9.93. The summed E-state index contributed by atoms with van der Waals surface area (Å²) < 4.78 is 33.6. The molecule has 178 valence electrons. The number of nitrogens with zero attached hydrogens (tertiary/aromatic N) is 2. The number of ether oxygens (including phenoxy) is 1. The van der Waals surface area contributed by atoms with E-state index in [4.69, 9.17) is 16.3 Å². The van der Waals surface area contributed by atoms with Gasteiger partial charge in [0, 0.05) is 17.1 Å². The van der Waals surface area contributed by atoms with Crippen molar-refractivity contribution >= 4 is 17.5 Å². The van der Waals surface area contributed by atoms with Crippen molar-refractivity contribution in [3.05, 3.63) is 94.8 Å². The number of rotatable bonds is 8. The second-order valence-corrected chi connectivity index (χ2v) is 8.60. The summed E-state index contributed by atoms with van der Waals surface area (Å²) in [6.07, 6.45) is 3.11. The molecule has 4 rings (SSSR count). The maximum atomic E-state index is 14.1. The molecule has 1 atom stereocenters. The van der Waals surface area contributed by atoms with Crippen molar-refractivity contribution in [1.82, 2.24) is 15.2 Å². The van der Waals surface area contributed by atoms with Gasteiger partial charge in [0.15, 0.2) is 17.4 Å². The minimum atomic E-state index is -0.782. The van der Waals surface area contributed by atoms with E-state index in [0.717, 1.165) is 30.8 Å². The number of amides is 1. The second-order valence-electron chi connectivity index (χ2n) is 8.16. The fourth-order valence-corrected chi connectivity index (χ4v) is 4.36. The van der Waals surface area contributed by atoms with Crippen LogP contribution in [0.3, 0.4) is 0 Å². The third-order valence-electron chi connectivity index (χ3n) is 5.93. The molecular formula is C26H26ClF2N3O2. The summed E-state index contributed by atoms with van der Waals surface area (Å²) in [4.78, 5) is 20.0. The quantitative estimate of drug-likeness (QED) is 0.487. The van der Waals surface area contributed by atoms with Crippen LogP contribution in [0.1, 0.15) is 30.1 Å². The average molecular weight is 486 g/mol. The molecule has 1 amide bonds. The van der Waals surface area contributed by atoms with Crippen LogP contribution in [-0.2, 0) is 4.79 Å². The first-order chi connectivity index (χ1) is 16.5. The van der Waals surface area contributed by atoms with Gasteiger partial charge >= 0.3 is 0 Å². The summed E-state index contributed by atoms with van der Waals surface area (Å²) in [6, 6.07) is 15.9. The van der Waals surface area contributed by atoms with Gasteiger partial charge < -0.3 is 15.0 Å². The number of hydrogen-bond donors (Lipinski definition) is 1. The molecular weight excluding hydrogens is 460 g/mol. The first-order valence-electron chi connectivity index (χ1n) is 11.3. The van der Waals surface area contributed by atoms with Crippen LogP contribution in [0.2, 0.25) is 5.02 Å². The number of pyridine rings is 1. The van der Waals surface area contributed by atoms with Gasteiger partial charge in [-0.15, -0.1) is 0 Å². The van der Waals surface area contributed by atoms with Gasteiger partial charge in [0.2, 0.25) is 5.91 Å². The Morgan fingerprint density at radius 1 is 1.06 bits per heavy atom. The van der Waals surface area contributed by atoms with Crippen molar-refractivity contribution < 1.29 is 18.3 Å². The van der Waals surface area contributed by atoms with Crippen molar-refractivity contribution in [1.29, 1.82) is 0 Å². The minimum Gasteiger partial charge on any atom is -0.486 e. The maximum absolute atomic E-state index is 14.1. The Morgan fingerprint density at radius 2 is 1.76 bits per heavy atom. The molecule has 0 saturated carbocycles. The summed E-state index contributed by atoms with van der Waals surface area (Å²) in [5, 5.41) is 3.86. The number of halogens is 3. The summed E-state index contributed by atoms with van der Waals surface area (Å²) in [5.41, 5.74) is 1.52. The predicted octanol–water partition coefficient (Wildman–Crippen LogP) is 5.01. The smallest absolute Gasteiger partial charge is 0.226 e. The second kappa shape index (κ2) is 11.4. The Hall–Kier alpha value is -3.03. The van der Waals surface area contributed by atoms with E-state index < -0.39 is 23.4 Å². The molecule has 2 aromatic carbocycles. The number of nitrogens with one attached hydrogen (secondary N) is 1. The number of aromatic nitrogens is 1. The van der Waals surface area contributed by atoms with Crippen molar-refractivity contribution in [2.45, 2.75) is 18.9 Å². The van der Waals surface area contributed by atoms with E-state index >= 15 is 0 Å². The number of para-hydroxylation sites is 1. The maximum Gasteiger partial charge on any atom is 0.226 e. The zero-order chi connectivity index (χ0) is 23.9. The Kier molecular flexibility index (Phi) is 8.08. The summed E-state index contributed by atoms with van der Waals surface area (Å²) in [7, 11) is 0. The van der Waals surface area contributed by atoms with Crippen molar-refractivity contribution in [3.8, 4) is 5.75 Å². The van der Waals surface area contributed by atoms with E-state index in [1.807, 2.05) is 30.3 Å². The average Bonchev–Trinajstić information content (AvgIpc) is 2.87. The van der Waals surface area contributed by atoms with E-state index in [1.54, 1.807) is 23.2 Å². The number of hydrogen-bond acceptors (Lipinski definition) is 4. The third-order valence-corrected chi connectivity index (χ3v) is 6.19. The molecule has 1 aliphatic rings. The predicted molar refractivity (Wildman–Crippen MR) is 127 cm³/mol. The lowest BCUT2D eigenvalue weighted by molar-refractivity contribution is -0.138. The molecule has 5 nitrogen and oxygen atoms in total. The van der Waals surface area contributed by atoms with Crippen molar-refractivity contribution in [3.63, 3.8) is 0 Å². The van der Waals surface area contributed by atoms with E-state index in [0.29, 0.717) is 23.6 Å². The zero-order valence-corrected chi connectivity index (χ0v) is 19.3. The molecule has 1 aliphatic heterocycles. The van der Waals surface area contributed by atoms with Crippen LogP contribution >= 0.6 is 11.6 Å². The van der Waals surface area contributed by atoms with Gasteiger partial charge in [0.25, 0.3) is 0 Å². The van der Waals surface area contributed by atoms with E-state index in [9.17, 15) is 13.6 Å². The SMILES string of the molecule is O=C(C1CCNCC1)N(CCOc1c(F)cccc1F)C(c1ccc(Cl)cc1)c1ccccn1. The highest BCUT2D eigenvalue weighted by molar-refractivity contribution is 6.30. The minimum absolute atomic E-state index is 0.0373.